The number of carbonyl (C=O) groups is 2. The molecule has 0 fully saturated rings. The zero-order valence-corrected chi connectivity index (χ0v) is 40.5. The van der Waals surface area contributed by atoms with Gasteiger partial charge in [0, 0.05) is 6.42 Å². The molecule has 0 heterocycles. The van der Waals surface area contributed by atoms with Gasteiger partial charge >= 0.3 is 5.97 Å². The number of ether oxygens (including phenoxy) is 1. The Balaban J connectivity index is 4.70. The monoisotopic (exact) mass is 864 g/mol. The van der Waals surface area contributed by atoms with Crippen molar-refractivity contribution in [2.45, 2.75) is 251 Å². The van der Waals surface area contributed by atoms with Crippen molar-refractivity contribution in [3.63, 3.8) is 0 Å². The Morgan fingerprint density at radius 3 is 1.50 bits per heavy atom. The molecule has 0 aliphatic rings. The van der Waals surface area contributed by atoms with Gasteiger partial charge in [-0.25, -0.2) is 0 Å². The van der Waals surface area contributed by atoms with Crippen LogP contribution >= 0.6 is 0 Å². The van der Waals surface area contributed by atoms with Crippen molar-refractivity contribution < 1.29 is 24.5 Å². The summed E-state index contributed by atoms with van der Waals surface area (Å²) in [6, 6.07) is -0.718. The van der Waals surface area contributed by atoms with Crippen LogP contribution in [0.3, 0.4) is 0 Å². The van der Waals surface area contributed by atoms with Gasteiger partial charge < -0.3 is 20.3 Å². The molecule has 3 atom stereocenters. The number of hydrogen-bond donors (Lipinski definition) is 3. The molecule has 0 saturated heterocycles. The number of allylic oxidation sites excluding steroid dienone is 14. The highest BCUT2D eigenvalue weighted by atomic mass is 16.5. The maximum absolute atomic E-state index is 13.2. The Morgan fingerprint density at radius 1 is 0.500 bits per heavy atom. The van der Waals surface area contributed by atoms with Crippen molar-refractivity contribution in [2.75, 3.05) is 6.61 Å². The summed E-state index contributed by atoms with van der Waals surface area (Å²) >= 11 is 0. The molecule has 356 valence electrons. The number of aliphatic hydroxyl groups excluding tert-OH is 2. The number of unbranched alkanes of at least 4 members (excludes halogenated alkanes) is 22. The molecule has 0 radical (unpaired) electrons. The molecule has 6 nitrogen and oxygen atoms in total. The van der Waals surface area contributed by atoms with Crippen molar-refractivity contribution in [1.29, 1.82) is 0 Å². The van der Waals surface area contributed by atoms with Gasteiger partial charge in [0.25, 0.3) is 0 Å². The number of rotatable bonds is 45. The standard InChI is InChI=1S/C56H97NO5/c1-4-7-10-13-16-19-22-24-26-27-29-30-33-35-38-41-44-47-52(62-56(61)49-46-43-40-37-34-31-28-25-23-20-17-14-11-8-5-2)50-55(60)57-53(51-58)54(59)48-45-42-39-36-32-21-18-15-12-9-6-3/h8,11,14,16-17,19-20,23-26,28-30,52-54,58-59H,4-7,9-10,12-13,15,18,21-22,27,31-51H2,1-3H3,(H,57,60)/b11-8+,17-14+,19-16-,23-20+,26-24-,28-25-,30-29-. The predicted octanol–water partition coefficient (Wildman–Crippen LogP) is 15.6. The molecule has 0 rings (SSSR count). The highest BCUT2D eigenvalue weighted by molar-refractivity contribution is 5.77. The van der Waals surface area contributed by atoms with E-state index in [2.05, 4.69) is 92.9 Å². The lowest BCUT2D eigenvalue weighted by Crippen LogP contribution is -2.46. The molecule has 0 aromatic heterocycles. The number of carbonyl (C=O) groups excluding carboxylic acids is 2. The van der Waals surface area contributed by atoms with Crippen LogP contribution in [-0.2, 0) is 14.3 Å². The fraction of sp³-hybridized carbons (Fsp3) is 0.714. The molecule has 0 bridgehead atoms. The average molecular weight is 864 g/mol. The minimum atomic E-state index is -0.802. The second-order valence-electron chi connectivity index (χ2n) is 17.3. The van der Waals surface area contributed by atoms with Crippen LogP contribution in [0.2, 0.25) is 0 Å². The lowest BCUT2D eigenvalue weighted by Gasteiger charge is -2.24. The largest absolute Gasteiger partial charge is 0.462 e. The molecule has 1 amide bonds. The summed E-state index contributed by atoms with van der Waals surface area (Å²) in [5.41, 5.74) is 0. The van der Waals surface area contributed by atoms with E-state index >= 15 is 0 Å². The van der Waals surface area contributed by atoms with Gasteiger partial charge in [0.15, 0.2) is 0 Å². The topological polar surface area (TPSA) is 95.9 Å². The number of amides is 1. The third-order valence-corrected chi connectivity index (χ3v) is 11.3. The fourth-order valence-electron chi connectivity index (χ4n) is 7.39. The number of aliphatic hydroxyl groups is 2. The molecular formula is C56H97NO5. The maximum atomic E-state index is 13.2. The van der Waals surface area contributed by atoms with Crippen LogP contribution in [-0.4, -0.2) is 46.9 Å². The SMILES string of the molecule is CC/C=C/C=C/C=C/C=C\CCCCCCCC(=O)OC(CCCCCC/C=C\C/C=C\C/C=C\CCCCC)CC(=O)NC(CO)C(O)CCCCCCCCCCCCC. The van der Waals surface area contributed by atoms with Gasteiger partial charge in [-0.3, -0.25) is 9.59 Å². The van der Waals surface area contributed by atoms with Crippen LogP contribution in [0.5, 0.6) is 0 Å². The van der Waals surface area contributed by atoms with Gasteiger partial charge in [0.1, 0.15) is 6.10 Å². The fourth-order valence-corrected chi connectivity index (χ4v) is 7.39. The third kappa shape index (κ3) is 43.7. The molecular weight excluding hydrogens is 767 g/mol. The van der Waals surface area contributed by atoms with E-state index in [4.69, 9.17) is 4.74 Å². The van der Waals surface area contributed by atoms with Gasteiger partial charge in [0.2, 0.25) is 5.91 Å². The van der Waals surface area contributed by atoms with Crippen LogP contribution in [0.4, 0.5) is 0 Å². The normalized spacial score (nSPS) is 14.0. The molecule has 0 aromatic rings. The van der Waals surface area contributed by atoms with Gasteiger partial charge in [-0.15, -0.1) is 0 Å². The number of esters is 1. The summed E-state index contributed by atoms with van der Waals surface area (Å²) in [6.07, 6.45) is 63.5. The first-order chi connectivity index (χ1) is 30.5. The van der Waals surface area contributed by atoms with E-state index in [0.717, 1.165) is 109 Å². The summed E-state index contributed by atoms with van der Waals surface area (Å²) < 4.78 is 5.92. The first-order valence-corrected chi connectivity index (χ1v) is 25.9. The Labute approximate surface area is 383 Å². The molecule has 0 aliphatic carbocycles. The summed E-state index contributed by atoms with van der Waals surface area (Å²) in [5, 5.41) is 23.7. The minimum absolute atomic E-state index is 0.0488. The molecule has 6 heteroatoms. The van der Waals surface area contributed by atoms with Gasteiger partial charge in [-0.2, -0.15) is 0 Å². The lowest BCUT2D eigenvalue weighted by atomic mass is 10.0. The molecule has 0 spiro atoms. The highest BCUT2D eigenvalue weighted by Crippen LogP contribution is 2.17. The Bertz CT molecular complexity index is 1200. The summed E-state index contributed by atoms with van der Waals surface area (Å²) in [5.74, 6) is -0.527. The zero-order chi connectivity index (χ0) is 45.2. The van der Waals surface area contributed by atoms with Crippen LogP contribution in [0, 0.1) is 0 Å². The van der Waals surface area contributed by atoms with Crippen molar-refractivity contribution >= 4 is 11.9 Å². The van der Waals surface area contributed by atoms with Crippen molar-refractivity contribution in [1.82, 2.24) is 5.32 Å². The third-order valence-electron chi connectivity index (χ3n) is 11.3. The number of nitrogens with one attached hydrogen (secondary N) is 1. The molecule has 0 saturated carbocycles. The van der Waals surface area contributed by atoms with Gasteiger partial charge in [-0.1, -0.05) is 221 Å². The van der Waals surface area contributed by atoms with E-state index in [1.807, 2.05) is 18.2 Å². The summed E-state index contributed by atoms with van der Waals surface area (Å²) in [4.78, 5) is 26.2. The van der Waals surface area contributed by atoms with Crippen LogP contribution < -0.4 is 5.32 Å². The second-order valence-corrected chi connectivity index (χ2v) is 17.3. The van der Waals surface area contributed by atoms with Crippen LogP contribution in [0.1, 0.15) is 233 Å². The van der Waals surface area contributed by atoms with Crippen molar-refractivity contribution in [3.05, 3.63) is 85.1 Å². The predicted molar refractivity (Wildman–Crippen MR) is 268 cm³/mol. The van der Waals surface area contributed by atoms with Crippen molar-refractivity contribution in [2.24, 2.45) is 0 Å². The summed E-state index contributed by atoms with van der Waals surface area (Å²) in [7, 11) is 0. The molecule has 3 N–H and O–H groups in total. The van der Waals surface area contributed by atoms with E-state index in [0.29, 0.717) is 19.3 Å². The van der Waals surface area contributed by atoms with Gasteiger partial charge in [0.05, 0.1) is 25.2 Å². The van der Waals surface area contributed by atoms with E-state index < -0.39 is 18.2 Å². The first-order valence-electron chi connectivity index (χ1n) is 25.9. The van der Waals surface area contributed by atoms with E-state index in [1.165, 1.54) is 77.0 Å². The maximum Gasteiger partial charge on any atom is 0.306 e. The minimum Gasteiger partial charge on any atom is -0.462 e. The smallest absolute Gasteiger partial charge is 0.306 e. The Hall–Kier alpha value is -2.96. The molecule has 0 aliphatic heterocycles. The number of hydrogen-bond acceptors (Lipinski definition) is 5. The van der Waals surface area contributed by atoms with Crippen LogP contribution in [0.15, 0.2) is 85.1 Å². The average Bonchev–Trinajstić information content (AvgIpc) is 3.26. The zero-order valence-electron chi connectivity index (χ0n) is 40.5. The Kier molecular flexibility index (Phi) is 46.7. The van der Waals surface area contributed by atoms with E-state index in [-0.39, 0.29) is 24.9 Å². The van der Waals surface area contributed by atoms with Gasteiger partial charge in [-0.05, 0) is 83.5 Å². The molecule has 0 aromatic carbocycles. The Morgan fingerprint density at radius 2 is 0.935 bits per heavy atom. The summed E-state index contributed by atoms with van der Waals surface area (Å²) in [6.45, 7) is 6.30. The van der Waals surface area contributed by atoms with E-state index in [1.54, 1.807) is 0 Å². The van der Waals surface area contributed by atoms with Crippen LogP contribution in [0.25, 0.3) is 0 Å². The quantitative estimate of drug-likeness (QED) is 0.0245. The molecule has 3 unspecified atom stereocenters. The lowest BCUT2D eigenvalue weighted by molar-refractivity contribution is -0.151. The first kappa shape index (κ1) is 59.0. The van der Waals surface area contributed by atoms with Crippen molar-refractivity contribution in [3.8, 4) is 0 Å². The highest BCUT2D eigenvalue weighted by Gasteiger charge is 2.24. The second kappa shape index (κ2) is 49.1. The van der Waals surface area contributed by atoms with E-state index in [9.17, 15) is 19.8 Å². The molecule has 62 heavy (non-hydrogen) atoms.